The van der Waals surface area contributed by atoms with Crippen LogP contribution in [0.4, 0.5) is 0 Å². The first kappa shape index (κ1) is 15.5. The summed E-state index contributed by atoms with van der Waals surface area (Å²) >= 11 is 1.70. The van der Waals surface area contributed by atoms with Crippen molar-refractivity contribution in [1.82, 2.24) is 14.7 Å². The number of aromatic nitrogens is 2. The molecular formula is C18H19N3OS. The van der Waals surface area contributed by atoms with E-state index in [2.05, 4.69) is 17.2 Å². The van der Waals surface area contributed by atoms with Gasteiger partial charge < -0.3 is 4.90 Å². The number of rotatable bonds is 6. The molecule has 0 spiro atoms. The van der Waals surface area contributed by atoms with Crippen LogP contribution in [-0.2, 0) is 17.8 Å². The molecule has 0 atom stereocenters. The molecule has 4 nitrogen and oxygen atoms in total. The van der Waals surface area contributed by atoms with E-state index in [0.717, 1.165) is 17.7 Å². The molecule has 0 aliphatic rings. The summed E-state index contributed by atoms with van der Waals surface area (Å²) in [7, 11) is 1.86. The number of aryl methyl sites for hydroxylation is 1. The van der Waals surface area contributed by atoms with E-state index < -0.39 is 0 Å². The molecule has 3 rings (SSSR count). The van der Waals surface area contributed by atoms with Gasteiger partial charge in [-0.1, -0.05) is 18.2 Å². The second-order valence-electron chi connectivity index (χ2n) is 5.45. The molecule has 0 aliphatic heterocycles. The third-order valence-electron chi connectivity index (χ3n) is 3.69. The molecule has 0 radical (unpaired) electrons. The van der Waals surface area contributed by atoms with E-state index in [-0.39, 0.29) is 5.91 Å². The predicted molar refractivity (Wildman–Crippen MR) is 92.7 cm³/mol. The Hall–Kier alpha value is -2.40. The van der Waals surface area contributed by atoms with E-state index >= 15 is 0 Å². The van der Waals surface area contributed by atoms with Gasteiger partial charge in [-0.05, 0) is 41.6 Å². The van der Waals surface area contributed by atoms with Gasteiger partial charge in [0.25, 0.3) is 0 Å². The molecule has 0 unspecified atom stereocenters. The largest absolute Gasteiger partial charge is 0.341 e. The van der Waals surface area contributed by atoms with Crippen LogP contribution >= 0.6 is 11.3 Å². The third-order valence-corrected chi connectivity index (χ3v) is 4.63. The number of hydrogen-bond donors (Lipinski definition) is 0. The summed E-state index contributed by atoms with van der Waals surface area (Å²) in [6.07, 6.45) is 5.03. The maximum atomic E-state index is 12.3. The van der Waals surface area contributed by atoms with Crippen molar-refractivity contribution in [2.45, 2.75) is 19.4 Å². The summed E-state index contributed by atoms with van der Waals surface area (Å²) in [6, 6.07) is 14.1. The van der Waals surface area contributed by atoms with Crippen LogP contribution in [0.3, 0.4) is 0 Å². The smallest absolute Gasteiger partial charge is 0.222 e. The zero-order valence-electron chi connectivity index (χ0n) is 13.1. The van der Waals surface area contributed by atoms with Crippen molar-refractivity contribution in [1.29, 1.82) is 0 Å². The molecule has 0 saturated carbocycles. The van der Waals surface area contributed by atoms with Gasteiger partial charge in [-0.15, -0.1) is 11.3 Å². The number of thiophene rings is 1. The quantitative estimate of drug-likeness (QED) is 0.695. The standard InChI is InChI=1S/C18H19N3OS/c1-20(18(22)9-8-17-7-3-12-23-17)14-15-5-2-6-16(13-15)21-11-4-10-19-21/h2-7,10-13H,8-9,14H2,1H3. The Bertz CT molecular complexity index is 750. The van der Waals surface area contributed by atoms with Crippen LogP contribution in [0.2, 0.25) is 0 Å². The Balaban J connectivity index is 1.60. The summed E-state index contributed by atoms with van der Waals surface area (Å²) in [4.78, 5) is 15.3. The van der Waals surface area contributed by atoms with Crippen molar-refractivity contribution >= 4 is 17.2 Å². The number of carbonyl (C=O) groups excluding carboxylic acids is 1. The minimum Gasteiger partial charge on any atom is -0.341 e. The minimum atomic E-state index is 0.169. The minimum absolute atomic E-state index is 0.169. The van der Waals surface area contributed by atoms with Crippen molar-refractivity contribution in [2.75, 3.05) is 7.05 Å². The summed E-state index contributed by atoms with van der Waals surface area (Å²) in [5.74, 6) is 0.169. The van der Waals surface area contributed by atoms with Crippen molar-refractivity contribution in [3.8, 4) is 5.69 Å². The lowest BCUT2D eigenvalue weighted by Crippen LogP contribution is -2.26. The molecule has 0 N–H and O–H groups in total. The van der Waals surface area contributed by atoms with Crippen LogP contribution in [0.5, 0.6) is 0 Å². The fourth-order valence-electron chi connectivity index (χ4n) is 2.46. The molecule has 0 saturated heterocycles. The average Bonchev–Trinajstić information content (AvgIpc) is 3.26. The first-order valence-corrected chi connectivity index (χ1v) is 8.45. The highest BCUT2D eigenvalue weighted by molar-refractivity contribution is 7.09. The van der Waals surface area contributed by atoms with Gasteiger partial charge in [0.2, 0.25) is 5.91 Å². The fourth-order valence-corrected chi connectivity index (χ4v) is 3.17. The monoisotopic (exact) mass is 325 g/mol. The Morgan fingerprint density at radius 1 is 1.26 bits per heavy atom. The summed E-state index contributed by atoms with van der Waals surface area (Å²) < 4.78 is 1.82. The SMILES string of the molecule is CN(Cc1cccc(-n2cccn2)c1)C(=O)CCc1cccs1. The zero-order chi connectivity index (χ0) is 16.1. The second kappa shape index (κ2) is 7.24. The van der Waals surface area contributed by atoms with Gasteiger partial charge in [0.15, 0.2) is 0 Å². The molecule has 0 fully saturated rings. The number of carbonyl (C=O) groups is 1. The van der Waals surface area contributed by atoms with Gasteiger partial charge in [0, 0.05) is 37.3 Å². The second-order valence-corrected chi connectivity index (χ2v) is 6.48. The van der Waals surface area contributed by atoms with E-state index in [1.807, 2.05) is 53.6 Å². The molecule has 2 aromatic heterocycles. The lowest BCUT2D eigenvalue weighted by Gasteiger charge is -2.17. The number of nitrogens with zero attached hydrogens (tertiary/aromatic N) is 3. The van der Waals surface area contributed by atoms with Gasteiger partial charge in [-0.25, -0.2) is 4.68 Å². The zero-order valence-corrected chi connectivity index (χ0v) is 13.9. The Kier molecular flexibility index (Phi) is 4.88. The predicted octanol–water partition coefficient (Wildman–Crippen LogP) is 3.53. The highest BCUT2D eigenvalue weighted by Crippen LogP contribution is 2.14. The normalized spacial score (nSPS) is 10.7. The van der Waals surface area contributed by atoms with Crippen LogP contribution in [0.15, 0.2) is 60.2 Å². The van der Waals surface area contributed by atoms with Gasteiger partial charge in [-0.2, -0.15) is 5.10 Å². The van der Waals surface area contributed by atoms with Crippen LogP contribution < -0.4 is 0 Å². The molecule has 0 aliphatic carbocycles. The van der Waals surface area contributed by atoms with Crippen molar-refractivity contribution in [3.63, 3.8) is 0 Å². The van der Waals surface area contributed by atoms with Gasteiger partial charge in [0.1, 0.15) is 0 Å². The Morgan fingerprint density at radius 3 is 2.91 bits per heavy atom. The summed E-state index contributed by atoms with van der Waals surface area (Å²) in [5, 5.41) is 6.28. The molecular weight excluding hydrogens is 306 g/mol. The average molecular weight is 325 g/mol. The maximum absolute atomic E-state index is 12.3. The molecule has 2 heterocycles. The van der Waals surface area contributed by atoms with Gasteiger partial charge >= 0.3 is 0 Å². The van der Waals surface area contributed by atoms with Crippen molar-refractivity contribution in [3.05, 3.63) is 70.7 Å². The number of hydrogen-bond acceptors (Lipinski definition) is 3. The number of benzene rings is 1. The molecule has 5 heteroatoms. The molecule has 1 aromatic carbocycles. The van der Waals surface area contributed by atoms with E-state index in [0.29, 0.717) is 13.0 Å². The molecule has 1 amide bonds. The van der Waals surface area contributed by atoms with E-state index in [1.54, 1.807) is 22.4 Å². The number of amides is 1. The maximum Gasteiger partial charge on any atom is 0.222 e. The van der Waals surface area contributed by atoms with Crippen LogP contribution in [0.25, 0.3) is 5.69 Å². The summed E-state index contributed by atoms with van der Waals surface area (Å²) in [5.41, 5.74) is 2.11. The van der Waals surface area contributed by atoms with Crippen LogP contribution in [0, 0.1) is 0 Å². The lowest BCUT2D eigenvalue weighted by molar-refractivity contribution is -0.130. The lowest BCUT2D eigenvalue weighted by atomic mass is 10.1. The van der Waals surface area contributed by atoms with Crippen LogP contribution in [0.1, 0.15) is 16.9 Å². The molecule has 3 aromatic rings. The topological polar surface area (TPSA) is 38.1 Å². The van der Waals surface area contributed by atoms with Gasteiger partial charge in [0.05, 0.1) is 5.69 Å². The molecule has 118 valence electrons. The third kappa shape index (κ3) is 4.07. The van der Waals surface area contributed by atoms with E-state index in [1.165, 1.54) is 4.88 Å². The Morgan fingerprint density at radius 2 is 2.17 bits per heavy atom. The Labute approximate surface area is 140 Å². The summed E-state index contributed by atoms with van der Waals surface area (Å²) in [6.45, 7) is 0.610. The van der Waals surface area contributed by atoms with Gasteiger partial charge in [-0.3, -0.25) is 4.79 Å². The van der Waals surface area contributed by atoms with Crippen LogP contribution in [-0.4, -0.2) is 27.6 Å². The molecule has 23 heavy (non-hydrogen) atoms. The first-order chi connectivity index (χ1) is 11.2. The molecule has 0 bridgehead atoms. The van der Waals surface area contributed by atoms with Crippen molar-refractivity contribution in [2.24, 2.45) is 0 Å². The highest BCUT2D eigenvalue weighted by Gasteiger charge is 2.10. The fraction of sp³-hybridized carbons (Fsp3) is 0.222. The van der Waals surface area contributed by atoms with E-state index in [4.69, 9.17) is 0 Å². The van der Waals surface area contributed by atoms with Crippen molar-refractivity contribution < 1.29 is 4.79 Å². The first-order valence-electron chi connectivity index (χ1n) is 7.58. The van der Waals surface area contributed by atoms with E-state index in [9.17, 15) is 4.79 Å². The highest BCUT2D eigenvalue weighted by atomic mass is 32.1.